The molecule has 1 aromatic heterocycles. The van der Waals surface area contributed by atoms with Crippen LogP contribution in [0.4, 0.5) is 5.82 Å². The average molecular weight is 435 g/mol. The zero-order chi connectivity index (χ0) is 20.4. The summed E-state index contributed by atoms with van der Waals surface area (Å²) in [5, 5.41) is 5.57. The number of benzene rings is 1. The Kier molecular flexibility index (Phi) is 5.91. The van der Waals surface area contributed by atoms with Gasteiger partial charge in [0.2, 0.25) is 5.91 Å². The second kappa shape index (κ2) is 8.58. The van der Waals surface area contributed by atoms with Crippen molar-refractivity contribution in [3.8, 4) is 5.75 Å². The predicted molar refractivity (Wildman–Crippen MR) is 115 cm³/mol. The fourth-order valence-electron chi connectivity index (χ4n) is 3.65. The fraction of sp³-hybridized carbons (Fsp3) is 0.421. The standard InChI is InChI=1S/C19H22N4O4S2/c20-14(24)9-27-13-3-1-2-11(8-13)17-16-18(21-15(25)10-29-17)23(22-19(16)26)12-4-6-28-7-5-12/h1-3,8,12,17H,4-7,9-10H2,(H2,20,24)(H,21,25)(H,22,26)/t17-/m1/s1. The summed E-state index contributed by atoms with van der Waals surface area (Å²) in [6.45, 7) is -0.219. The number of nitrogens with one attached hydrogen (secondary N) is 2. The van der Waals surface area contributed by atoms with Gasteiger partial charge in [0, 0.05) is 0 Å². The lowest BCUT2D eigenvalue weighted by atomic mass is 10.1. The van der Waals surface area contributed by atoms with Crippen LogP contribution in [0.5, 0.6) is 5.75 Å². The van der Waals surface area contributed by atoms with Gasteiger partial charge in [-0.05, 0) is 42.0 Å². The van der Waals surface area contributed by atoms with Crippen LogP contribution in [0.15, 0.2) is 29.1 Å². The SMILES string of the molecule is NC(=O)COc1cccc([C@H]2SCC(=O)Nc3c2c(=O)[nH]n3C2CCSCC2)c1. The molecular weight excluding hydrogens is 412 g/mol. The number of rotatable bonds is 5. The summed E-state index contributed by atoms with van der Waals surface area (Å²) in [5.41, 5.74) is 6.34. The van der Waals surface area contributed by atoms with Gasteiger partial charge >= 0.3 is 0 Å². The molecule has 4 rings (SSSR count). The van der Waals surface area contributed by atoms with E-state index in [2.05, 4.69) is 10.4 Å². The van der Waals surface area contributed by atoms with Crippen molar-refractivity contribution in [2.75, 3.05) is 29.2 Å². The zero-order valence-electron chi connectivity index (χ0n) is 15.7. The normalized spacial score (nSPS) is 19.9. The van der Waals surface area contributed by atoms with Gasteiger partial charge in [0.25, 0.3) is 11.5 Å². The van der Waals surface area contributed by atoms with Gasteiger partial charge in [0.15, 0.2) is 6.61 Å². The van der Waals surface area contributed by atoms with Crippen molar-refractivity contribution in [1.29, 1.82) is 0 Å². The summed E-state index contributed by atoms with van der Waals surface area (Å²) in [4.78, 5) is 36.3. The molecule has 10 heteroatoms. The minimum absolute atomic E-state index is 0.127. The molecule has 1 saturated heterocycles. The quantitative estimate of drug-likeness (QED) is 0.661. The predicted octanol–water partition coefficient (Wildman–Crippen LogP) is 1.88. The minimum Gasteiger partial charge on any atom is -0.484 e. The van der Waals surface area contributed by atoms with Crippen LogP contribution in [0.1, 0.15) is 35.3 Å². The molecule has 3 heterocycles. The lowest BCUT2D eigenvalue weighted by Gasteiger charge is -2.24. The zero-order valence-corrected chi connectivity index (χ0v) is 17.3. The highest BCUT2D eigenvalue weighted by atomic mass is 32.2. The van der Waals surface area contributed by atoms with Crippen LogP contribution in [0.3, 0.4) is 0 Å². The highest BCUT2D eigenvalue weighted by Crippen LogP contribution is 2.42. The van der Waals surface area contributed by atoms with Gasteiger partial charge in [-0.1, -0.05) is 12.1 Å². The number of H-pyrrole nitrogens is 1. The van der Waals surface area contributed by atoms with Crippen molar-refractivity contribution >= 4 is 41.2 Å². The number of fused-ring (bicyclic) bond motifs is 1. The van der Waals surface area contributed by atoms with Crippen LogP contribution in [0.25, 0.3) is 0 Å². The largest absolute Gasteiger partial charge is 0.484 e. The van der Waals surface area contributed by atoms with Gasteiger partial charge in [-0.2, -0.15) is 11.8 Å². The first kappa shape index (κ1) is 20.0. The Hall–Kier alpha value is -2.33. The number of nitrogens with two attached hydrogens (primary N) is 1. The van der Waals surface area contributed by atoms with Crippen molar-refractivity contribution in [2.24, 2.45) is 5.73 Å². The molecule has 2 aromatic rings. The molecule has 154 valence electrons. The number of aromatic nitrogens is 2. The van der Waals surface area contributed by atoms with E-state index in [0.29, 0.717) is 17.1 Å². The van der Waals surface area contributed by atoms with Gasteiger partial charge in [0.05, 0.1) is 22.6 Å². The molecule has 1 atom stereocenters. The molecule has 2 amide bonds. The van der Waals surface area contributed by atoms with Crippen molar-refractivity contribution in [3.63, 3.8) is 0 Å². The molecule has 1 fully saturated rings. The summed E-state index contributed by atoms with van der Waals surface area (Å²) >= 11 is 3.30. The van der Waals surface area contributed by atoms with E-state index in [1.54, 1.807) is 18.2 Å². The minimum atomic E-state index is -0.560. The molecule has 0 radical (unpaired) electrons. The maximum Gasteiger partial charge on any atom is 0.270 e. The summed E-state index contributed by atoms with van der Waals surface area (Å²) in [6.07, 6.45) is 1.90. The third-order valence-corrected chi connectivity index (χ3v) is 7.28. The van der Waals surface area contributed by atoms with Crippen LogP contribution in [0, 0.1) is 0 Å². The van der Waals surface area contributed by atoms with Crippen molar-refractivity contribution in [1.82, 2.24) is 9.78 Å². The van der Waals surface area contributed by atoms with Crippen LogP contribution >= 0.6 is 23.5 Å². The number of hydrogen-bond donors (Lipinski definition) is 3. The number of carbonyl (C=O) groups is 2. The molecular formula is C19H22N4O4S2. The average Bonchev–Trinajstić information content (AvgIpc) is 2.92. The monoisotopic (exact) mass is 434 g/mol. The van der Waals surface area contributed by atoms with Crippen LogP contribution in [0.2, 0.25) is 0 Å². The van der Waals surface area contributed by atoms with Crippen molar-refractivity contribution in [2.45, 2.75) is 24.1 Å². The molecule has 0 bridgehead atoms. The lowest BCUT2D eigenvalue weighted by molar-refractivity contribution is -0.120. The lowest BCUT2D eigenvalue weighted by Crippen LogP contribution is -2.22. The molecule has 4 N–H and O–H groups in total. The number of hydrogen-bond acceptors (Lipinski definition) is 6. The molecule has 2 aliphatic rings. The van der Waals surface area contributed by atoms with E-state index >= 15 is 0 Å². The molecule has 0 saturated carbocycles. The molecule has 8 nitrogen and oxygen atoms in total. The smallest absolute Gasteiger partial charge is 0.270 e. The Labute approximate surface area is 175 Å². The Morgan fingerprint density at radius 2 is 2.07 bits per heavy atom. The molecule has 0 spiro atoms. The summed E-state index contributed by atoms with van der Waals surface area (Å²) in [5.74, 6) is 2.68. The second-order valence-electron chi connectivity index (χ2n) is 6.98. The van der Waals surface area contributed by atoms with E-state index in [-0.39, 0.29) is 35.1 Å². The van der Waals surface area contributed by atoms with E-state index in [1.165, 1.54) is 11.8 Å². The summed E-state index contributed by atoms with van der Waals surface area (Å²) in [7, 11) is 0. The van der Waals surface area contributed by atoms with E-state index in [0.717, 1.165) is 29.9 Å². The Morgan fingerprint density at radius 3 is 2.83 bits per heavy atom. The number of anilines is 1. The van der Waals surface area contributed by atoms with Crippen LogP contribution in [-0.2, 0) is 9.59 Å². The highest BCUT2D eigenvalue weighted by Gasteiger charge is 2.32. The second-order valence-corrected chi connectivity index (χ2v) is 9.30. The van der Waals surface area contributed by atoms with E-state index in [1.807, 2.05) is 22.5 Å². The summed E-state index contributed by atoms with van der Waals surface area (Å²) in [6, 6.07) is 7.38. The van der Waals surface area contributed by atoms with Crippen molar-refractivity contribution in [3.05, 3.63) is 45.7 Å². The molecule has 2 aliphatic heterocycles. The van der Waals surface area contributed by atoms with E-state index < -0.39 is 5.91 Å². The molecule has 1 aromatic carbocycles. The molecule has 0 aliphatic carbocycles. The Balaban J connectivity index is 1.72. The number of amides is 2. The topological polar surface area (TPSA) is 119 Å². The third-order valence-electron chi connectivity index (χ3n) is 4.96. The third kappa shape index (κ3) is 4.32. The number of ether oxygens (including phenoxy) is 1. The van der Waals surface area contributed by atoms with Crippen LogP contribution in [-0.4, -0.2) is 45.5 Å². The Bertz CT molecular complexity index is 981. The number of primary amides is 1. The number of aromatic amines is 1. The maximum atomic E-state index is 12.9. The van der Waals surface area contributed by atoms with Crippen molar-refractivity contribution < 1.29 is 14.3 Å². The number of thioether (sulfide) groups is 2. The Morgan fingerprint density at radius 1 is 1.28 bits per heavy atom. The van der Waals surface area contributed by atoms with Crippen LogP contribution < -0.4 is 21.3 Å². The van der Waals surface area contributed by atoms with E-state index in [9.17, 15) is 14.4 Å². The van der Waals surface area contributed by atoms with E-state index in [4.69, 9.17) is 10.5 Å². The summed E-state index contributed by atoms with van der Waals surface area (Å²) < 4.78 is 7.26. The van der Waals surface area contributed by atoms with Gasteiger partial charge < -0.3 is 15.8 Å². The maximum absolute atomic E-state index is 12.9. The first-order valence-corrected chi connectivity index (χ1v) is 11.6. The molecule has 0 unspecified atom stereocenters. The first-order chi connectivity index (χ1) is 14.0. The fourth-order valence-corrected chi connectivity index (χ4v) is 5.84. The number of nitrogens with zero attached hydrogens (tertiary/aromatic N) is 1. The van der Waals surface area contributed by atoms with Gasteiger partial charge in [-0.3, -0.25) is 24.2 Å². The van der Waals surface area contributed by atoms with Gasteiger partial charge in [-0.25, -0.2) is 0 Å². The van der Waals surface area contributed by atoms with Gasteiger partial charge in [-0.15, -0.1) is 11.8 Å². The first-order valence-electron chi connectivity index (χ1n) is 9.37. The highest BCUT2D eigenvalue weighted by molar-refractivity contribution is 8.00. The van der Waals surface area contributed by atoms with Gasteiger partial charge in [0.1, 0.15) is 11.6 Å². The number of carbonyl (C=O) groups excluding carboxylic acids is 2. The molecule has 29 heavy (non-hydrogen) atoms.